The monoisotopic (exact) mass is 228 g/mol. The summed E-state index contributed by atoms with van der Waals surface area (Å²) in [5, 5.41) is 13.7. The molecule has 1 aliphatic rings. The van der Waals surface area contributed by atoms with Gasteiger partial charge in [0.25, 0.3) is 0 Å². The summed E-state index contributed by atoms with van der Waals surface area (Å²) < 4.78 is 2.03. The maximum atomic E-state index is 9.21. The molecule has 0 radical (unpaired) electrons. The van der Waals surface area contributed by atoms with E-state index in [0.717, 1.165) is 24.9 Å². The van der Waals surface area contributed by atoms with E-state index in [0.29, 0.717) is 5.92 Å². The molecule has 88 valence electrons. The van der Waals surface area contributed by atoms with Crippen LogP contribution in [0.25, 0.3) is 5.69 Å². The molecule has 3 heteroatoms. The molecular formula is C14H16N2O. The van der Waals surface area contributed by atoms with Crippen LogP contribution in [0.2, 0.25) is 0 Å². The number of hydrogen-bond acceptors (Lipinski definition) is 2. The van der Waals surface area contributed by atoms with Crippen molar-refractivity contribution in [3.05, 3.63) is 47.8 Å². The van der Waals surface area contributed by atoms with E-state index in [4.69, 9.17) is 0 Å². The topological polar surface area (TPSA) is 38.1 Å². The molecule has 1 atom stereocenters. The van der Waals surface area contributed by atoms with Crippen molar-refractivity contribution in [2.75, 3.05) is 6.61 Å². The summed E-state index contributed by atoms with van der Waals surface area (Å²) in [6.45, 7) is 0.288. The van der Waals surface area contributed by atoms with Gasteiger partial charge in [0.05, 0.1) is 11.9 Å². The quantitative estimate of drug-likeness (QED) is 0.853. The van der Waals surface area contributed by atoms with E-state index in [1.165, 1.54) is 11.3 Å². The van der Waals surface area contributed by atoms with Crippen molar-refractivity contribution in [1.29, 1.82) is 0 Å². The van der Waals surface area contributed by atoms with E-state index in [2.05, 4.69) is 17.2 Å². The Morgan fingerprint density at radius 2 is 2.12 bits per heavy atom. The molecule has 0 aliphatic heterocycles. The third-order valence-corrected chi connectivity index (χ3v) is 3.51. The number of nitrogens with zero attached hydrogens (tertiary/aromatic N) is 2. The molecule has 0 fully saturated rings. The Kier molecular flexibility index (Phi) is 2.69. The van der Waals surface area contributed by atoms with Crippen LogP contribution in [0.5, 0.6) is 0 Å². The Balaban J connectivity index is 1.97. The van der Waals surface area contributed by atoms with E-state index in [1.807, 2.05) is 29.1 Å². The van der Waals surface area contributed by atoms with Crippen LogP contribution in [0, 0.1) is 5.92 Å². The van der Waals surface area contributed by atoms with Gasteiger partial charge in [-0.25, -0.2) is 4.68 Å². The maximum absolute atomic E-state index is 9.21. The minimum atomic E-state index is 0.288. The number of aromatic nitrogens is 2. The first-order valence-electron chi connectivity index (χ1n) is 6.10. The molecule has 0 amide bonds. The van der Waals surface area contributed by atoms with Gasteiger partial charge in [-0.2, -0.15) is 5.10 Å². The van der Waals surface area contributed by atoms with Crippen molar-refractivity contribution >= 4 is 0 Å². The Bertz CT molecular complexity index is 504. The fraction of sp³-hybridized carbons (Fsp3) is 0.357. The molecular weight excluding hydrogens is 212 g/mol. The first kappa shape index (κ1) is 10.5. The standard InChI is InChI=1S/C14H16N2O/c17-10-11-6-7-14-12(8-11)9-15-16(14)13-4-2-1-3-5-13/h1-5,9,11,17H,6-8,10H2. The van der Waals surface area contributed by atoms with E-state index in [9.17, 15) is 5.11 Å². The molecule has 1 aromatic carbocycles. The van der Waals surface area contributed by atoms with Gasteiger partial charge in [-0.05, 0) is 42.9 Å². The Hall–Kier alpha value is -1.61. The number of para-hydroxylation sites is 1. The number of aliphatic hydroxyl groups excluding tert-OH is 1. The lowest BCUT2D eigenvalue weighted by Gasteiger charge is -2.20. The summed E-state index contributed by atoms with van der Waals surface area (Å²) in [5.41, 5.74) is 3.72. The second-order valence-electron chi connectivity index (χ2n) is 4.66. The lowest BCUT2D eigenvalue weighted by atomic mass is 9.88. The largest absolute Gasteiger partial charge is 0.396 e. The van der Waals surface area contributed by atoms with Gasteiger partial charge in [-0.3, -0.25) is 0 Å². The van der Waals surface area contributed by atoms with Crippen molar-refractivity contribution in [1.82, 2.24) is 9.78 Å². The fourth-order valence-corrected chi connectivity index (χ4v) is 2.55. The number of rotatable bonds is 2. The zero-order valence-corrected chi connectivity index (χ0v) is 9.71. The van der Waals surface area contributed by atoms with Gasteiger partial charge in [0.2, 0.25) is 0 Å². The summed E-state index contributed by atoms with van der Waals surface area (Å²) in [6, 6.07) is 10.2. The normalized spacial score (nSPS) is 19.0. The van der Waals surface area contributed by atoms with Gasteiger partial charge in [-0.1, -0.05) is 18.2 Å². The second-order valence-corrected chi connectivity index (χ2v) is 4.66. The molecule has 3 nitrogen and oxygen atoms in total. The minimum Gasteiger partial charge on any atom is -0.396 e. The summed E-state index contributed by atoms with van der Waals surface area (Å²) >= 11 is 0. The molecule has 0 spiro atoms. The number of aliphatic hydroxyl groups is 1. The summed E-state index contributed by atoms with van der Waals surface area (Å²) in [4.78, 5) is 0. The zero-order chi connectivity index (χ0) is 11.7. The summed E-state index contributed by atoms with van der Waals surface area (Å²) in [5.74, 6) is 0.413. The predicted molar refractivity (Wildman–Crippen MR) is 66.2 cm³/mol. The van der Waals surface area contributed by atoms with Crippen LogP contribution in [-0.2, 0) is 12.8 Å². The maximum Gasteiger partial charge on any atom is 0.0648 e. The average molecular weight is 228 g/mol. The molecule has 1 unspecified atom stereocenters. The highest BCUT2D eigenvalue weighted by Crippen LogP contribution is 2.26. The smallest absolute Gasteiger partial charge is 0.0648 e. The van der Waals surface area contributed by atoms with Crippen molar-refractivity contribution in [2.24, 2.45) is 5.92 Å². The van der Waals surface area contributed by atoms with Crippen LogP contribution in [0.3, 0.4) is 0 Å². The number of benzene rings is 1. The third kappa shape index (κ3) is 1.87. The molecule has 3 rings (SSSR count). The van der Waals surface area contributed by atoms with Crippen LogP contribution in [-0.4, -0.2) is 21.5 Å². The fourth-order valence-electron chi connectivity index (χ4n) is 2.55. The molecule has 0 saturated heterocycles. The van der Waals surface area contributed by atoms with Crippen molar-refractivity contribution < 1.29 is 5.11 Å². The Labute approximate surface area is 101 Å². The molecule has 1 heterocycles. The average Bonchev–Trinajstić information content (AvgIpc) is 2.82. The molecule has 0 saturated carbocycles. The van der Waals surface area contributed by atoms with Crippen molar-refractivity contribution in [3.63, 3.8) is 0 Å². The van der Waals surface area contributed by atoms with Crippen LogP contribution in [0.4, 0.5) is 0 Å². The van der Waals surface area contributed by atoms with E-state index >= 15 is 0 Å². The third-order valence-electron chi connectivity index (χ3n) is 3.51. The second kappa shape index (κ2) is 4.34. The first-order chi connectivity index (χ1) is 8.38. The van der Waals surface area contributed by atoms with Crippen LogP contribution in [0.1, 0.15) is 17.7 Å². The summed E-state index contributed by atoms with van der Waals surface area (Å²) in [6.07, 6.45) is 4.97. The highest BCUT2D eigenvalue weighted by molar-refractivity contribution is 5.35. The van der Waals surface area contributed by atoms with Gasteiger partial charge >= 0.3 is 0 Å². The van der Waals surface area contributed by atoms with Crippen LogP contribution < -0.4 is 0 Å². The summed E-state index contributed by atoms with van der Waals surface area (Å²) in [7, 11) is 0. The van der Waals surface area contributed by atoms with Gasteiger partial charge in [-0.15, -0.1) is 0 Å². The van der Waals surface area contributed by atoms with Crippen molar-refractivity contribution in [3.8, 4) is 5.69 Å². The minimum absolute atomic E-state index is 0.288. The highest BCUT2D eigenvalue weighted by atomic mass is 16.3. The van der Waals surface area contributed by atoms with Gasteiger partial charge in [0.1, 0.15) is 0 Å². The van der Waals surface area contributed by atoms with E-state index in [1.54, 1.807) is 0 Å². The Morgan fingerprint density at radius 3 is 2.88 bits per heavy atom. The first-order valence-corrected chi connectivity index (χ1v) is 6.10. The molecule has 1 aliphatic carbocycles. The van der Waals surface area contributed by atoms with Gasteiger partial charge < -0.3 is 5.11 Å². The van der Waals surface area contributed by atoms with Gasteiger partial charge in [0.15, 0.2) is 0 Å². The zero-order valence-electron chi connectivity index (χ0n) is 9.71. The molecule has 1 N–H and O–H groups in total. The van der Waals surface area contributed by atoms with Gasteiger partial charge in [0, 0.05) is 12.3 Å². The molecule has 1 aromatic heterocycles. The molecule has 2 aromatic rings. The highest BCUT2D eigenvalue weighted by Gasteiger charge is 2.22. The Morgan fingerprint density at radius 1 is 1.29 bits per heavy atom. The molecule has 17 heavy (non-hydrogen) atoms. The van der Waals surface area contributed by atoms with Crippen LogP contribution in [0.15, 0.2) is 36.5 Å². The SMILES string of the molecule is OCC1CCc2c(cnn2-c2ccccc2)C1. The van der Waals surface area contributed by atoms with Crippen LogP contribution >= 0.6 is 0 Å². The predicted octanol–water partition coefficient (Wildman–Crippen LogP) is 1.97. The lowest BCUT2D eigenvalue weighted by Crippen LogP contribution is -2.18. The van der Waals surface area contributed by atoms with Crippen molar-refractivity contribution in [2.45, 2.75) is 19.3 Å². The van der Waals surface area contributed by atoms with E-state index in [-0.39, 0.29) is 6.61 Å². The number of fused-ring (bicyclic) bond motifs is 1. The molecule has 0 bridgehead atoms. The number of hydrogen-bond donors (Lipinski definition) is 1. The lowest BCUT2D eigenvalue weighted by molar-refractivity contribution is 0.212. The van der Waals surface area contributed by atoms with E-state index < -0.39 is 0 Å².